The molecule has 7 nitrogen and oxygen atoms in total. The number of hydrogen-bond acceptors (Lipinski definition) is 5. The third-order valence-electron chi connectivity index (χ3n) is 7.23. The van der Waals surface area contributed by atoms with E-state index in [0.29, 0.717) is 31.1 Å². The third-order valence-corrected chi connectivity index (χ3v) is 7.23. The minimum absolute atomic E-state index is 0.0124. The first-order chi connectivity index (χ1) is 15.6. The van der Waals surface area contributed by atoms with Crippen molar-refractivity contribution < 1.29 is 9.90 Å². The Morgan fingerprint density at radius 3 is 2.72 bits per heavy atom. The highest BCUT2D eigenvalue weighted by atomic mass is 16.3. The molecule has 0 aromatic carbocycles. The average Bonchev–Trinajstić information content (AvgIpc) is 3.60. The molecule has 5 rings (SSSR count). The molecule has 7 heteroatoms. The molecule has 3 aliphatic rings. The van der Waals surface area contributed by atoms with Gasteiger partial charge in [0, 0.05) is 61.9 Å². The van der Waals surface area contributed by atoms with Gasteiger partial charge in [-0.15, -0.1) is 0 Å². The molecule has 0 spiro atoms. The monoisotopic (exact) mass is 434 g/mol. The summed E-state index contributed by atoms with van der Waals surface area (Å²) in [5.41, 5.74) is 2.58. The van der Waals surface area contributed by atoms with Gasteiger partial charge in [-0.05, 0) is 55.5 Å². The second kappa shape index (κ2) is 8.64. The minimum Gasteiger partial charge on any atom is -0.396 e. The van der Waals surface area contributed by atoms with Gasteiger partial charge in [0.1, 0.15) is 0 Å². The largest absolute Gasteiger partial charge is 0.396 e. The standard InChI is InChI=1S/C25H30N4O3/c1-2-3-18-6-7-20-23-22(24(31)27-12-16-4-5-16)19(15-30)21(14-29(20)25(18)32)28(23)13-17-8-10-26-11-9-17/h2-3,6-11,16,19,21-23,30H,4-5,12-15H2,1H3,(H,27,31)/b3-2+/t19-,21-,22+,23+/m1/s1. The van der Waals surface area contributed by atoms with Crippen molar-refractivity contribution in [3.63, 3.8) is 0 Å². The average molecular weight is 435 g/mol. The van der Waals surface area contributed by atoms with Crippen LogP contribution < -0.4 is 10.9 Å². The van der Waals surface area contributed by atoms with Gasteiger partial charge < -0.3 is 15.0 Å². The van der Waals surface area contributed by atoms with E-state index in [0.717, 1.165) is 11.3 Å². The Balaban J connectivity index is 1.56. The number of carbonyl (C=O) groups excluding carboxylic acids is 1. The number of nitrogens with one attached hydrogen (secondary N) is 1. The Kier molecular flexibility index (Phi) is 5.69. The van der Waals surface area contributed by atoms with E-state index in [9.17, 15) is 14.7 Å². The highest BCUT2D eigenvalue weighted by Gasteiger charge is 2.55. The molecule has 2 aliphatic heterocycles. The summed E-state index contributed by atoms with van der Waals surface area (Å²) in [6.07, 6.45) is 9.56. The van der Waals surface area contributed by atoms with Gasteiger partial charge >= 0.3 is 0 Å². The SMILES string of the molecule is C/C=C/c1ccc2n(c1=O)C[C@@H]1[C@@H](CO)[C@H](C(=O)NCC3CC3)[C@H]2N1Cc1ccncc1. The molecule has 32 heavy (non-hydrogen) atoms. The number of aliphatic hydroxyl groups excluding tert-OH is 1. The molecule has 1 saturated heterocycles. The maximum absolute atomic E-state index is 13.4. The first-order valence-electron chi connectivity index (χ1n) is 11.5. The quantitative estimate of drug-likeness (QED) is 0.696. The molecule has 2 bridgehead atoms. The highest BCUT2D eigenvalue weighted by molar-refractivity contribution is 5.80. The van der Waals surface area contributed by atoms with Crippen LogP contribution in [-0.4, -0.2) is 44.7 Å². The van der Waals surface area contributed by atoms with Crippen LogP contribution in [0, 0.1) is 17.8 Å². The summed E-state index contributed by atoms with van der Waals surface area (Å²) in [5.74, 6) is -0.0584. The predicted molar refractivity (Wildman–Crippen MR) is 122 cm³/mol. The summed E-state index contributed by atoms with van der Waals surface area (Å²) in [6.45, 7) is 3.62. The second-order valence-corrected chi connectivity index (χ2v) is 9.23. The number of carbonyl (C=O) groups is 1. The van der Waals surface area contributed by atoms with Crippen LogP contribution in [0.2, 0.25) is 0 Å². The van der Waals surface area contributed by atoms with Gasteiger partial charge in [-0.2, -0.15) is 0 Å². The third kappa shape index (κ3) is 3.69. The Hall–Kier alpha value is -2.77. The van der Waals surface area contributed by atoms with Crippen LogP contribution >= 0.6 is 0 Å². The molecule has 4 atom stereocenters. The molecule has 2 N–H and O–H groups in total. The molecule has 0 radical (unpaired) electrons. The molecule has 2 fully saturated rings. The number of fused-ring (bicyclic) bond motifs is 4. The van der Waals surface area contributed by atoms with Crippen molar-refractivity contribution in [2.45, 2.75) is 44.9 Å². The van der Waals surface area contributed by atoms with Crippen LogP contribution in [0.15, 0.2) is 47.5 Å². The number of amides is 1. The Bertz CT molecular complexity index is 1080. The lowest BCUT2D eigenvalue weighted by molar-refractivity contribution is -0.127. The minimum atomic E-state index is -0.397. The van der Waals surface area contributed by atoms with E-state index < -0.39 is 5.92 Å². The van der Waals surface area contributed by atoms with E-state index in [1.54, 1.807) is 12.4 Å². The van der Waals surface area contributed by atoms with E-state index in [1.165, 1.54) is 12.8 Å². The number of hydrogen-bond donors (Lipinski definition) is 2. The smallest absolute Gasteiger partial charge is 0.258 e. The van der Waals surface area contributed by atoms with Crippen molar-refractivity contribution >= 4 is 12.0 Å². The van der Waals surface area contributed by atoms with E-state index in [-0.39, 0.29) is 36.1 Å². The Morgan fingerprint density at radius 1 is 1.25 bits per heavy atom. The number of rotatable bonds is 7. The number of aromatic nitrogens is 2. The lowest BCUT2D eigenvalue weighted by atomic mass is 9.86. The molecular formula is C25H30N4O3. The fourth-order valence-corrected chi connectivity index (χ4v) is 5.45. The van der Waals surface area contributed by atoms with E-state index in [1.807, 2.05) is 47.9 Å². The molecule has 1 amide bonds. The molecule has 4 heterocycles. The van der Waals surface area contributed by atoms with Crippen molar-refractivity contribution in [1.29, 1.82) is 0 Å². The topological polar surface area (TPSA) is 87.5 Å². The van der Waals surface area contributed by atoms with Crippen LogP contribution in [0.3, 0.4) is 0 Å². The zero-order valence-electron chi connectivity index (χ0n) is 18.4. The number of aliphatic hydroxyl groups is 1. The molecule has 168 valence electrons. The molecule has 2 aromatic rings. The Morgan fingerprint density at radius 2 is 2.03 bits per heavy atom. The van der Waals surface area contributed by atoms with Crippen molar-refractivity contribution in [3.05, 3.63) is 69.9 Å². The van der Waals surface area contributed by atoms with Gasteiger partial charge in [-0.25, -0.2) is 0 Å². The van der Waals surface area contributed by atoms with Gasteiger partial charge in [0.2, 0.25) is 5.91 Å². The molecule has 1 saturated carbocycles. The number of nitrogens with zero attached hydrogens (tertiary/aromatic N) is 3. The van der Waals surface area contributed by atoms with Crippen LogP contribution in [0.1, 0.15) is 42.6 Å². The molecule has 1 aliphatic carbocycles. The van der Waals surface area contributed by atoms with E-state index >= 15 is 0 Å². The van der Waals surface area contributed by atoms with Crippen molar-refractivity contribution in [2.24, 2.45) is 17.8 Å². The van der Waals surface area contributed by atoms with Crippen molar-refractivity contribution in [2.75, 3.05) is 13.2 Å². The highest BCUT2D eigenvalue weighted by Crippen LogP contribution is 2.49. The summed E-state index contributed by atoms with van der Waals surface area (Å²) in [5, 5.41) is 13.5. The molecule has 0 unspecified atom stereocenters. The first-order valence-corrected chi connectivity index (χ1v) is 11.5. The fourth-order valence-electron chi connectivity index (χ4n) is 5.45. The first kappa shape index (κ1) is 21.1. The van der Waals surface area contributed by atoms with Gasteiger partial charge in [0.05, 0.1) is 12.0 Å². The molecular weight excluding hydrogens is 404 g/mol. The van der Waals surface area contributed by atoms with Gasteiger partial charge in [-0.1, -0.05) is 12.2 Å². The van der Waals surface area contributed by atoms with Crippen LogP contribution in [-0.2, 0) is 17.9 Å². The maximum Gasteiger partial charge on any atom is 0.258 e. The summed E-state index contributed by atoms with van der Waals surface area (Å²) < 4.78 is 1.82. The lowest BCUT2D eigenvalue weighted by Gasteiger charge is -2.38. The zero-order valence-corrected chi connectivity index (χ0v) is 18.4. The second-order valence-electron chi connectivity index (χ2n) is 9.23. The van der Waals surface area contributed by atoms with Crippen molar-refractivity contribution in [1.82, 2.24) is 19.8 Å². The van der Waals surface area contributed by atoms with Gasteiger partial charge in [-0.3, -0.25) is 19.5 Å². The molecule has 2 aromatic heterocycles. The van der Waals surface area contributed by atoms with E-state index in [2.05, 4.69) is 15.2 Å². The van der Waals surface area contributed by atoms with E-state index in [4.69, 9.17) is 0 Å². The summed E-state index contributed by atoms with van der Waals surface area (Å²) in [4.78, 5) is 33.0. The zero-order chi connectivity index (χ0) is 22.2. The summed E-state index contributed by atoms with van der Waals surface area (Å²) >= 11 is 0. The maximum atomic E-state index is 13.4. The van der Waals surface area contributed by atoms with Crippen LogP contribution in [0.4, 0.5) is 0 Å². The number of pyridine rings is 2. The fraction of sp³-hybridized carbons (Fsp3) is 0.480. The van der Waals surface area contributed by atoms with Crippen LogP contribution in [0.5, 0.6) is 0 Å². The van der Waals surface area contributed by atoms with Gasteiger partial charge in [0.15, 0.2) is 0 Å². The van der Waals surface area contributed by atoms with Crippen molar-refractivity contribution in [3.8, 4) is 0 Å². The Labute approximate surface area is 187 Å². The lowest BCUT2D eigenvalue weighted by Crippen LogP contribution is -2.46. The predicted octanol–water partition coefficient (Wildman–Crippen LogP) is 1.97. The summed E-state index contributed by atoms with van der Waals surface area (Å²) in [7, 11) is 0. The normalized spacial score (nSPS) is 26.9. The number of allylic oxidation sites excluding steroid dienone is 1. The summed E-state index contributed by atoms with van der Waals surface area (Å²) in [6, 6.07) is 7.44. The van der Waals surface area contributed by atoms with Gasteiger partial charge in [0.25, 0.3) is 5.56 Å². The van der Waals surface area contributed by atoms with Crippen LogP contribution in [0.25, 0.3) is 6.08 Å².